The van der Waals surface area contributed by atoms with E-state index in [4.69, 9.17) is 9.47 Å². The van der Waals surface area contributed by atoms with E-state index in [9.17, 15) is 5.11 Å². The normalized spacial score (nSPS) is 17.2. The first-order chi connectivity index (χ1) is 11.8. The second kappa shape index (κ2) is 6.39. The van der Waals surface area contributed by atoms with E-state index in [1.807, 2.05) is 24.3 Å². The zero-order valence-corrected chi connectivity index (χ0v) is 14.1. The van der Waals surface area contributed by atoms with Crippen LogP contribution in [-0.2, 0) is 4.74 Å². The van der Waals surface area contributed by atoms with Gasteiger partial charge in [-0.25, -0.2) is 4.98 Å². The zero-order chi connectivity index (χ0) is 16.5. The predicted octanol–water partition coefficient (Wildman–Crippen LogP) is 1.93. The van der Waals surface area contributed by atoms with Gasteiger partial charge in [0, 0.05) is 13.1 Å². The summed E-state index contributed by atoms with van der Waals surface area (Å²) in [6.45, 7) is 3.00. The van der Waals surface area contributed by atoms with E-state index in [0.29, 0.717) is 18.2 Å². The first kappa shape index (κ1) is 15.4. The van der Waals surface area contributed by atoms with Crippen LogP contribution in [0.1, 0.15) is 16.5 Å². The van der Waals surface area contributed by atoms with Crippen LogP contribution in [0.4, 0.5) is 0 Å². The van der Waals surface area contributed by atoms with Gasteiger partial charge in [0.2, 0.25) is 10.8 Å². The fourth-order valence-corrected chi connectivity index (χ4v) is 4.11. The number of benzene rings is 1. The molecule has 1 fully saturated rings. The molecular weight excluding hydrogens is 328 g/mol. The molecule has 0 aliphatic carbocycles. The number of aromatic hydroxyl groups is 1. The van der Waals surface area contributed by atoms with Crippen LogP contribution in [0.2, 0.25) is 0 Å². The van der Waals surface area contributed by atoms with Crippen LogP contribution in [0.5, 0.6) is 11.6 Å². The molecule has 1 atom stereocenters. The molecule has 3 aromatic rings. The second-order valence-electron chi connectivity index (χ2n) is 5.57. The third-order valence-corrected chi connectivity index (χ3v) is 5.32. The molecule has 1 N–H and O–H groups in total. The smallest absolute Gasteiger partial charge is 0.230 e. The van der Waals surface area contributed by atoms with Gasteiger partial charge in [-0.05, 0) is 17.7 Å². The summed E-state index contributed by atoms with van der Waals surface area (Å²) in [6.07, 6.45) is 1.45. The maximum Gasteiger partial charge on any atom is 0.230 e. The lowest BCUT2D eigenvalue weighted by atomic mass is 10.0. The van der Waals surface area contributed by atoms with Gasteiger partial charge in [0.1, 0.15) is 12.1 Å². The second-order valence-corrected chi connectivity index (χ2v) is 6.58. The van der Waals surface area contributed by atoms with Gasteiger partial charge in [-0.2, -0.15) is 9.61 Å². The summed E-state index contributed by atoms with van der Waals surface area (Å²) in [4.78, 5) is 8.05. The number of methoxy groups -OCH3 is 1. The van der Waals surface area contributed by atoms with Crippen molar-refractivity contribution in [2.45, 2.75) is 6.04 Å². The number of aromatic nitrogens is 3. The van der Waals surface area contributed by atoms with Crippen LogP contribution < -0.4 is 4.74 Å². The molecule has 1 aromatic carbocycles. The van der Waals surface area contributed by atoms with E-state index in [-0.39, 0.29) is 11.9 Å². The Morgan fingerprint density at radius 2 is 2.00 bits per heavy atom. The van der Waals surface area contributed by atoms with Gasteiger partial charge in [0.05, 0.1) is 31.2 Å². The van der Waals surface area contributed by atoms with Crippen molar-refractivity contribution in [1.82, 2.24) is 19.5 Å². The number of nitrogens with zero attached hydrogens (tertiary/aromatic N) is 4. The first-order valence-electron chi connectivity index (χ1n) is 7.75. The fraction of sp³-hybridized carbons (Fsp3) is 0.375. The van der Waals surface area contributed by atoms with Gasteiger partial charge in [0.15, 0.2) is 0 Å². The number of ether oxygens (including phenoxy) is 2. The summed E-state index contributed by atoms with van der Waals surface area (Å²) in [5.74, 6) is 0.964. The van der Waals surface area contributed by atoms with Crippen LogP contribution >= 0.6 is 11.3 Å². The van der Waals surface area contributed by atoms with Gasteiger partial charge in [-0.3, -0.25) is 4.90 Å². The van der Waals surface area contributed by atoms with Crippen molar-refractivity contribution in [1.29, 1.82) is 0 Å². The molecule has 2 aromatic heterocycles. The molecule has 126 valence electrons. The average molecular weight is 346 g/mol. The van der Waals surface area contributed by atoms with Gasteiger partial charge >= 0.3 is 0 Å². The number of fused-ring (bicyclic) bond motifs is 1. The van der Waals surface area contributed by atoms with Crippen LogP contribution in [0.3, 0.4) is 0 Å². The lowest BCUT2D eigenvalue weighted by Gasteiger charge is -2.34. The molecule has 0 unspecified atom stereocenters. The van der Waals surface area contributed by atoms with Crippen molar-refractivity contribution >= 4 is 16.3 Å². The largest absolute Gasteiger partial charge is 0.497 e. The first-order valence-corrected chi connectivity index (χ1v) is 8.56. The van der Waals surface area contributed by atoms with E-state index >= 15 is 0 Å². The van der Waals surface area contributed by atoms with Crippen LogP contribution in [0.25, 0.3) is 4.96 Å². The van der Waals surface area contributed by atoms with Crippen molar-refractivity contribution in [3.05, 3.63) is 41.0 Å². The van der Waals surface area contributed by atoms with Gasteiger partial charge in [0.25, 0.3) is 0 Å². The van der Waals surface area contributed by atoms with E-state index in [1.165, 1.54) is 22.2 Å². The molecule has 1 aliphatic heterocycles. The summed E-state index contributed by atoms with van der Waals surface area (Å²) >= 11 is 1.46. The highest BCUT2D eigenvalue weighted by atomic mass is 32.1. The number of hydrogen-bond acceptors (Lipinski definition) is 7. The minimum atomic E-state index is -0.0618. The molecule has 3 heterocycles. The molecule has 0 amide bonds. The number of hydrogen-bond donors (Lipinski definition) is 1. The summed E-state index contributed by atoms with van der Waals surface area (Å²) in [5.41, 5.74) is 1.09. The highest BCUT2D eigenvalue weighted by Gasteiger charge is 2.30. The molecule has 0 spiro atoms. The molecule has 0 radical (unpaired) electrons. The van der Waals surface area contributed by atoms with Crippen LogP contribution in [-0.4, -0.2) is 58.0 Å². The van der Waals surface area contributed by atoms with Crippen LogP contribution in [0, 0.1) is 0 Å². The van der Waals surface area contributed by atoms with E-state index in [0.717, 1.165) is 29.3 Å². The predicted molar refractivity (Wildman–Crippen MR) is 89.8 cm³/mol. The molecule has 7 nitrogen and oxygen atoms in total. The maximum absolute atomic E-state index is 10.6. The van der Waals surface area contributed by atoms with Crippen molar-refractivity contribution < 1.29 is 14.6 Å². The highest BCUT2D eigenvalue weighted by Crippen LogP contribution is 2.40. The molecule has 0 bridgehead atoms. The Morgan fingerprint density at radius 3 is 2.67 bits per heavy atom. The number of rotatable bonds is 4. The van der Waals surface area contributed by atoms with Crippen molar-refractivity contribution in [3.63, 3.8) is 0 Å². The molecule has 24 heavy (non-hydrogen) atoms. The van der Waals surface area contributed by atoms with Crippen molar-refractivity contribution in [3.8, 4) is 11.6 Å². The Kier molecular flexibility index (Phi) is 4.09. The number of thiazole rings is 1. The Hall–Kier alpha value is -2.16. The topological polar surface area (TPSA) is 72.1 Å². The van der Waals surface area contributed by atoms with Gasteiger partial charge in [-0.1, -0.05) is 23.5 Å². The number of morpholine rings is 1. The SMILES string of the molecule is COc1ccc([C@@H](c2sc3ncnn3c2O)N2CCOCC2)cc1. The summed E-state index contributed by atoms with van der Waals surface area (Å²) in [5, 5.41) is 14.7. The molecule has 1 aliphatic rings. The van der Waals surface area contributed by atoms with Gasteiger partial charge < -0.3 is 14.6 Å². The Labute approximate surface area is 143 Å². The third kappa shape index (κ3) is 2.62. The van der Waals surface area contributed by atoms with Crippen molar-refractivity contribution in [2.24, 2.45) is 0 Å². The standard InChI is InChI=1S/C16H18N4O3S/c1-22-12-4-2-11(3-5-12)13(19-6-8-23-9-7-19)14-15(21)20-16(24-14)17-10-18-20/h2-5,10,13,21H,6-9H2,1H3/t13-/m0/s1. The van der Waals surface area contributed by atoms with Crippen molar-refractivity contribution in [2.75, 3.05) is 33.4 Å². The Balaban J connectivity index is 1.79. The molecule has 4 rings (SSSR count). The molecular formula is C16H18N4O3S. The average Bonchev–Trinajstić information content (AvgIpc) is 3.21. The van der Waals surface area contributed by atoms with E-state index in [2.05, 4.69) is 15.0 Å². The quantitative estimate of drug-likeness (QED) is 0.778. The maximum atomic E-state index is 10.6. The third-order valence-electron chi connectivity index (χ3n) is 4.23. The minimum absolute atomic E-state index is 0.0618. The molecule has 0 saturated carbocycles. The molecule has 1 saturated heterocycles. The fourth-order valence-electron chi connectivity index (χ4n) is 3.02. The summed E-state index contributed by atoms with van der Waals surface area (Å²) < 4.78 is 12.2. The van der Waals surface area contributed by atoms with E-state index in [1.54, 1.807) is 7.11 Å². The highest BCUT2D eigenvalue weighted by molar-refractivity contribution is 7.17. The summed E-state index contributed by atoms with van der Waals surface area (Å²) in [7, 11) is 1.65. The minimum Gasteiger partial charge on any atom is -0.497 e. The molecule has 8 heteroatoms. The summed E-state index contributed by atoms with van der Waals surface area (Å²) in [6, 6.07) is 7.89. The lowest BCUT2D eigenvalue weighted by molar-refractivity contribution is 0.0241. The lowest BCUT2D eigenvalue weighted by Crippen LogP contribution is -2.39. The van der Waals surface area contributed by atoms with Crippen LogP contribution in [0.15, 0.2) is 30.6 Å². The monoisotopic (exact) mass is 346 g/mol. The van der Waals surface area contributed by atoms with E-state index < -0.39 is 0 Å². The van der Waals surface area contributed by atoms with Gasteiger partial charge in [-0.15, -0.1) is 0 Å². The Morgan fingerprint density at radius 1 is 1.25 bits per heavy atom. The Bertz CT molecular complexity index is 824. The zero-order valence-electron chi connectivity index (χ0n) is 13.3.